The highest BCUT2D eigenvalue weighted by atomic mass is 127. The minimum atomic E-state index is 0.0326. The van der Waals surface area contributed by atoms with E-state index in [0.717, 1.165) is 14.7 Å². The van der Waals surface area contributed by atoms with Gasteiger partial charge in [0.05, 0.1) is 0 Å². The third-order valence-electron chi connectivity index (χ3n) is 2.36. The van der Waals surface area contributed by atoms with Crippen LogP contribution < -0.4 is 0 Å². The van der Waals surface area contributed by atoms with Crippen molar-refractivity contribution in [2.24, 2.45) is 0 Å². The zero-order valence-corrected chi connectivity index (χ0v) is 11.3. The average Bonchev–Trinajstić information content (AvgIpc) is 2.38. The van der Waals surface area contributed by atoms with Crippen molar-refractivity contribution in [1.82, 2.24) is 0 Å². The van der Waals surface area contributed by atoms with Gasteiger partial charge >= 0.3 is 0 Å². The Kier molecular flexibility index (Phi) is 4.09. The predicted molar refractivity (Wildman–Crippen MR) is 79.0 cm³/mol. The van der Waals surface area contributed by atoms with Gasteiger partial charge in [-0.15, -0.1) is 0 Å². The molecule has 0 saturated carbocycles. The molecule has 0 saturated heterocycles. The van der Waals surface area contributed by atoms with E-state index in [1.54, 1.807) is 6.08 Å². The number of hydrogen-bond donors (Lipinski definition) is 0. The van der Waals surface area contributed by atoms with Gasteiger partial charge in [-0.25, -0.2) is 0 Å². The van der Waals surface area contributed by atoms with E-state index >= 15 is 0 Å². The predicted octanol–water partition coefficient (Wildman–Crippen LogP) is 4.19. The Balaban J connectivity index is 2.12. The molecule has 0 bridgehead atoms. The number of ketones is 1. The first-order chi connectivity index (χ1) is 8.25. The summed E-state index contributed by atoms with van der Waals surface area (Å²) in [6.07, 6.45) is 3.44. The minimum absolute atomic E-state index is 0.0326. The molecule has 0 amide bonds. The van der Waals surface area contributed by atoms with Gasteiger partial charge in [-0.05, 0) is 46.4 Å². The zero-order chi connectivity index (χ0) is 12.1. The molecule has 0 radical (unpaired) electrons. The molecule has 0 aromatic heterocycles. The van der Waals surface area contributed by atoms with E-state index in [2.05, 4.69) is 22.6 Å². The molecule has 2 aromatic rings. The van der Waals surface area contributed by atoms with Crippen LogP contribution in [0.25, 0.3) is 6.08 Å². The summed E-state index contributed by atoms with van der Waals surface area (Å²) in [6, 6.07) is 17.4. The number of allylic oxidation sites excluding steroid dienone is 1. The number of carbonyl (C=O) groups is 1. The molecule has 0 heterocycles. The molecule has 17 heavy (non-hydrogen) atoms. The summed E-state index contributed by atoms with van der Waals surface area (Å²) >= 11 is 2.22. The first-order valence-corrected chi connectivity index (χ1v) is 6.36. The standard InChI is InChI=1S/C15H11IO/c16-14-9-7-13(8-10-14)15(17)11-6-12-4-2-1-3-5-12/h1-11H. The maximum Gasteiger partial charge on any atom is 0.185 e. The van der Waals surface area contributed by atoms with Crippen molar-refractivity contribution in [2.45, 2.75) is 0 Å². The summed E-state index contributed by atoms with van der Waals surface area (Å²) in [5.74, 6) is 0.0326. The second-order valence-corrected chi connectivity index (χ2v) is 4.86. The summed E-state index contributed by atoms with van der Waals surface area (Å²) in [6.45, 7) is 0. The summed E-state index contributed by atoms with van der Waals surface area (Å²) < 4.78 is 1.13. The van der Waals surface area contributed by atoms with Crippen LogP contribution in [0.4, 0.5) is 0 Å². The molecule has 2 heteroatoms. The maximum absolute atomic E-state index is 11.8. The lowest BCUT2D eigenvalue weighted by atomic mass is 10.1. The Morgan fingerprint density at radius 1 is 0.941 bits per heavy atom. The van der Waals surface area contributed by atoms with Gasteiger partial charge in [-0.3, -0.25) is 4.79 Å². The summed E-state index contributed by atoms with van der Waals surface area (Å²) in [4.78, 5) is 11.8. The number of carbonyl (C=O) groups excluding carboxylic acids is 1. The molecule has 0 N–H and O–H groups in total. The van der Waals surface area contributed by atoms with Crippen molar-refractivity contribution in [3.05, 3.63) is 75.4 Å². The molecule has 2 rings (SSSR count). The lowest BCUT2D eigenvalue weighted by Crippen LogP contribution is -1.93. The molecule has 0 aliphatic carbocycles. The number of halogens is 1. The van der Waals surface area contributed by atoms with E-state index in [0.29, 0.717) is 0 Å². The number of hydrogen-bond acceptors (Lipinski definition) is 1. The van der Waals surface area contributed by atoms with Crippen LogP contribution in [0.1, 0.15) is 15.9 Å². The van der Waals surface area contributed by atoms with Crippen LogP contribution in [-0.4, -0.2) is 5.78 Å². The molecular formula is C15H11IO. The monoisotopic (exact) mass is 334 g/mol. The molecule has 1 nitrogen and oxygen atoms in total. The van der Waals surface area contributed by atoms with Crippen LogP contribution in [0, 0.1) is 3.57 Å². The van der Waals surface area contributed by atoms with E-state index in [1.165, 1.54) is 0 Å². The van der Waals surface area contributed by atoms with Crippen LogP contribution in [-0.2, 0) is 0 Å². The fourth-order valence-electron chi connectivity index (χ4n) is 1.45. The van der Waals surface area contributed by atoms with Crippen LogP contribution >= 0.6 is 22.6 Å². The van der Waals surface area contributed by atoms with Gasteiger partial charge in [0.15, 0.2) is 5.78 Å². The number of rotatable bonds is 3. The fourth-order valence-corrected chi connectivity index (χ4v) is 1.81. The van der Waals surface area contributed by atoms with E-state index in [1.807, 2.05) is 60.7 Å². The zero-order valence-electron chi connectivity index (χ0n) is 9.14. The van der Waals surface area contributed by atoms with E-state index in [-0.39, 0.29) is 5.78 Å². The molecule has 0 fully saturated rings. The fraction of sp³-hybridized carbons (Fsp3) is 0. The van der Waals surface area contributed by atoms with Gasteiger partial charge in [0.1, 0.15) is 0 Å². The van der Waals surface area contributed by atoms with Crippen LogP contribution in [0.15, 0.2) is 60.7 Å². The van der Waals surface area contributed by atoms with Gasteiger partial charge in [0.2, 0.25) is 0 Å². The van der Waals surface area contributed by atoms with Crippen molar-refractivity contribution in [1.29, 1.82) is 0 Å². The molecule has 0 aliphatic heterocycles. The van der Waals surface area contributed by atoms with Crippen molar-refractivity contribution in [3.63, 3.8) is 0 Å². The number of benzene rings is 2. The Hall–Kier alpha value is -1.42. The second-order valence-electron chi connectivity index (χ2n) is 3.62. The van der Waals surface area contributed by atoms with Crippen molar-refractivity contribution < 1.29 is 4.79 Å². The second kappa shape index (κ2) is 5.77. The summed E-state index contributed by atoms with van der Waals surface area (Å²) in [7, 11) is 0. The van der Waals surface area contributed by atoms with Crippen LogP contribution in [0.3, 0.4) is 0 Å². The van der Waals surface area contributed by atoms with Gasteiger partial charge in [-0.2, -0.15) is 0 Å². The minimum Gasteiger partial charge on any atom is -0.289 e. The Labute approximate surface area is 114 Å². The van der Waals surface area contributed by atoms with E-state index in [4.69, 9.17) is 0 Å². The van der Waals surface area contributed by atoms with Crippen LogP contribution in [0.2, 0.25) is 0 Å². The lowest BCUT2D eigenvalue weighted by Gasteiger charge is -1.96. The largest absolute Gasteiger partial charge is 0.289 e. The smallest absolute Gasteiger partial charge is 0.185 e. The average molecular weight is 334 g/mol. The normalized spacial score (nSPS) is 10.6. The SMILES string of the molecule is O=C(C=Cc1ccccc1)c1ccc(I)cc1. The third kappa shape index (κ3) is 3.53. The quantitative estimate of drug-likeness (QED) is 0.467. The molecule has 2 aromatic carbocycles. The van der Waals surface area contributed by atoms with Gasteiger partial charge in [0.25, 0.3) is 0 Å². The lowest BCUT2D eigenvalue weighted by molar-refractivity contribution is 0.104. The Morgan fingerprint density at radius 3 is 2.24 bits per heavy atom. The van der Waals surface area contributed by atoms with Crippen molar-refractivity contribution in [3.8, 4) is 0 Å². The molecule has 0 spiro atoms. The van der Waals surface area contributed by atoms with E-state index in [9.17, 15) is 4.79 Å². The highest BCUT2D eigenvalue weighted by Crippen LogP contribution is 2.09. The van der Waals surface area contributed by atoms with Crippen molar-refractivity contribution >= 4 is 34.5 Å². The molecule has 0 unspecified atom stereocenters. The molecular weight excluding hydrogens is 323 g/mol. The van der Waals surface area contributed by atoms with Gasteiger partial charge in [0, 0.05) is 9.13 Å². The first-order valence-electron chi connectivity index (χ1n) is 5.29. The highest BCUT2D eigenvalue weighted by molar-refractivity contribution is 14.1. The highest BCUT2D eigenvalue weighted by Gasteiger charge is 2.00. The Morgan fingerprint density at radius 2 is 1.59 bits per heavy atom. The first kappa shape index (κ1) is 12.0. The van der Waals surface area contributed by atoms with Gasteiger partial charge in [-0.1, -0.05) is 48.5 Å². The topological polar surface area (TPSA) is 17.1 Å². The molecule has 0 atom stereocenters. The Bertz CT molecular complexity index is 527. The molecule has 84 valence electrons. The van der Waals surface area contributed by atoms with Crippen molar-refractivity contribution in [2.75, 3.05) is 0 Å². The summed E-state index contributed by atoms with van der Waals surface area (Å²) in [5.41, 5.74) is 1.75. The summed E-state index contributed by atoms with van der Waals surface area (Å²) in [5, 5.41) is 0. The maximum atomic E-state index is 11.8. The van der Waals surface area contributed by atoms with E-state index < -0.39 is 0 Å². The molecule has 0 aliphatic rings. The van der Waals surface area contributed by atoms with Gasteiger partial charge < -0.3 is 0 Å². The van der Waals surface area contributed by atoms with Crippen LogP contribution in [0.5, 0.6) is 0 Å². The third-order valence-corrected chi connectivity index (χ3v) is 3.07.